The van der Waals surface area contributed by atoms with Crippen molar-refractivity contribution in [1.82, 2.24) is 9.47 Å². The molecular formula is C23H25N3O2S. The number of thiocarbonyl (C=S) groups is 1. The number of benzene rings is 2. The molecule has 1 aliphatic heterocycles. The molecule has 4 rings (SSSR count). The number of fused-ring (bicyclic) bond motifs is 1. The fourth-order valence-corrected chi connectivity index (χ4v) is 4.08. The van der Waals surface area contributed by atoms with Crippen LogP contribution in [0.5, 0.6) is 11.5 Å². The zero-order valence-electron chi connectivity index (χ0n) is 16.7. The predicted octanol–water partition coefficient (Wildman–Crippen LogP) is 4.70. The van der Waals surface area contributed by atoms with Crippen LogP contribution in [0.4, 0.5) is 5.69 Å². The number of nitrogens with one attached hydrogen (secondary N) is 1. The molecule has 0 fully saturated rings. The van der Waals surface area contributed by atoms with Gasteiger partial charge in [-0.2, -0.15) is 0 Å². The Balaban J connectivity index is 1.63. The molecule has 6 heteroatoms. The molecule has 3 aromatic rings. The first kappa shape index (κ1) is 19.3. The molecule has 0 unspecified atom stereocenters. The van der Waals surface area contributed by atoms with Crippen molar-refractivity contribution in [2.24, 2.45) is 0 Å². The van der Waals surface area contributed by atoms with Crippen molar-refractivity contribution in [3.63, 3.8) is 0 Å². The summed E-state index contributed by atoms with van der Waals surface area (Å²) in [5.41, 5.74) is 3.33. The molecular weight excluding hydrogens is 382 g/mol. The molecule has 0 radical (unpaired) electrons. The van der Waals surface area contributed by atoms with Gasteiger partial charge in [-0.25, -0.2) is 0 Å². The lowest BCUT2D eigenvalue weighted by Crippen LogP contribution is -2.44. The number of methoxy groups -OCH3 is 1. The summed E-state index contributed by atoms with van der Waals surface area (Å²) in [6.45, 7) is 4.38. The lowest BCUT2D eigenvalue weighted by Gasteiger charge is -2.39. The van der Waals surface area contributed by atoms with Crippen LogP contribution >= 0.6 is 12.2 Å². The monoisotopic (exact) mass is 407 g/mol. The molecule has 5 nitrogen and oxygen atoms in total. The van der Waals surface area contributed by atoms with Crippen molar-refractivity contribution >= 4 is 23.0 Å². The van der Waals surface area contributed by atoms with E-state index in [4.69, 9.17) is 21.7 Å². The van der Waals surface area contributed by atoms with Gasteiger partial charge >= 0.3 is 0 Å². The minimum atomic E-state index is 0.0417. The smallest absolute Gasteiger partial charge is 0.174 e. The average Bonchev–Trinajstić information content (AvgIpc) is 3.23. The molecule has 1 aromatic heterocycles. The third-order valence-corrected chi connectivity index (χ3v) is 5.46. The molecule has 2 aromatic carbocycles. The second-order valence-corrected chi connectivity index (χ2v) is 7.27. The topological polar surface area (TPSA) is 38.7 Å². The number of hydrogen-bond acceptors (Lipinski definition) is 3. The number of nitrogens with zero attached hydrogens (tertiary/aromatic N) is 2. The van der Waals surface area contributed by atoms with Gasteiger partial charge in [-0.15, -0.1) is 0 Å². The molecule has 0 aliphatic carbocycles. The summed E-state index contributed by atoms with van der Waals surface area (Å²) in [7, 11) is 1.66. The number of hydrogen-bond donors (Lipinski definition) is 1. The van der Waals surface area contributed by atoms with Gasteiger partial charge in [0.15, 0.2) is 5.11 Å². The molecule has 1 N–H and O–H groups in total. The maximum Gasteiger partial charge on any atom is 0.174 e. The SMILES string of the molecule is CCOc1ccc([C@@H]2c3cccn3CCN2C(=S)Nc2cccc(OC)c2)cc1. The highest BCUT2D eigenvalue weighted by Gasteiger charge is 2.30. The summed E-state index contributed by atoms with van der Waals surface area (Å²) in [5, 5.41) is 4.08. The zero-order valence-corrected chi connectivity index (χ0v) is 17.5. The molecule has 0 amide bonds. The van der Waals surface area contributed by atoms with E-state index in [1.807, 2.05) is 43.3 Å². The molecule has 1 aliphatic rings. The fourth-order valence-electron chi connectivity index (χ4n) is 3.76. The maximum absolute atomic E-state index is 5.82. The summed E-state index contributed by atoms with van der Waals surface area (Å²) < 4.78 is 13.2. The highest BCUT2D eigenvalue weighted by atomic mass is 32.1. The van der Waals surface area contributed by atoms with Crippen LogP contribution in [0.25, 0.3) is 0 Å². The quantitative estimate of drug-likeness (QED) is 0.621. The van der Waals surface area contributed by atoms with Gasteiger partial charge in [0.25, 0.3) is 0 Å². The highest BCUT2D eigenvalue weighted by Crippen LogP contribution is 2.34. The average molecular weight is 408 g/mol. The first-order chi connectivity index (χ1) is 14.2. The minimum absolute atomic E-state index is 0.0417. The summed E-state index contributed by atoms with van der Waals surface area (Å²) in [6.07, 6.45) is 2.13. The van der Waals surface area contributed by atoms with Crippen LogP contribution in [0, 0.1) is 0 Å². The molecule has 0 saturated carbocycles. The molecule has 150 valence electrons. The lowest BCUT2D eigenvalue weighted by molar-refractivity contribution is 0.293. The number of rotatable bonds is 5. The van der Waals surface area contributed by atoms with Crippen LogP contribution in [0.2, 0.25) is 0 Å². The Labute approximate surface area is 176 Å². The van der Waals surface area contributed by atoms with Crippen molar-refractivity contribution < 1.29 is 9.47 Å². The van der Waals surface area contributed by atoms with E-state index in [1.165, 1.54) is 11.3 Å². The second kappa shape index (κ2) is 8.57. The van der Waals surface area contributed by atoms with E-state index in [0.717, 1.165) is 30.3 Å². The Morgan fingerprint density at radius 2 is 1.90 bits per heavy atom. The molecule has 29 heavy (non-hydrogen) atoms. The van der Waals surface area contributed by atoms with E-state index in [2.05, 4.69) is 45.2 Å². The minimum Gasteiger partial charge on any atom is -0.497 e. The van der Waals surface area contributed by atoms with Gasteiger partial charge in [0.1, 0.15) is 11.5 Å². The Hall–Kier alpha value is -2.99. The Bertz CT molecular complexity index is 984. The Kier molecular flexibility index (Phi) is 5.71. The lowest BCUT2D eigenvalue weighted by atomic mass is 10.00. The first-order valence-electron chi connectivity index (χ1n) is 9.79. The van der Waals surface area contributed by atoms with Gasteiger partial charge in [0, 0.05) is 36.7 Å². The van der Waals surface area contributed by atoms with Gasteiger partial charge in [-0.05, 0) is 61.1 Å². The van der Waals surface area contributed by atoms with Crippen molar-refractivity contribution in [3.05, 3.63) is 78.1 Å². The van der Waals surface area contributed by atoms with Crippen molar-refractivity contribution in [1.29, 1.82) is 0 Å². The van der Waals surface area contributed by atoms with E-state index in [0.29, 0.717) is 11.7 Å². The van der Waals surface area contributed by atoms with E-state index >= 15 is 0 Å². The van der Waals surface area contributed by atoms with Crippen LogP contribution in [-0.4, -0.2) is 34.8 Å². The highest BCUT2D eigenvalue weighted by molar-refractivity contribution is 7.80. The molecule has 0 bridgehead atoms. The van der Waals surface area contributed by atoms with Crippen LogP contribution in [0.1, 0.15) is 24.2 Å². The summed E-state index contributed by atoms with van der Waals surface area (Å²) in [4.78, 5) is 2.25. The Morgan fingerprint density at radius 1 is 1.07 bits per heavy atom. The largest absolute Gasteiger partial charge is 0.497 e. The molecule has 0 spiro atoms. The van der Waals surface area contributed by atoms with Gasteiger partial charge in [-0.3, -0.25) is 0 Å². The van der Waals surface area contributed by atoms with E-state index < -0.39 is 0 Å². The van der Waals surface area contributed by atoms with E-state index in [9.17, 15) is 0 Å². The van der Waals surface area contributed by atoms with Crippen LogP contribution in [-0.2, 0) is 6.54 Å². The third kappa shape index (κ3) is 4.07. The van der Waals surface area contributed by atoms with Gasteiger partial charge < -0.3 is 24.3 Å². The van der Waals surface area contributed by atoms with Gasteiger partial charge in [0.05, 0.1) is 19.8 Å². The van der Waals surface area contributed by atoms with Crippen LogP contribution in [0.15, 0.2) is 66.9 Å². The Morgan fingerprint density at radius 3 is 2.66 bits per heavy atom. The molecule has 0 saturated heterocycles. The van der Waals surface area contributed by atoms with Gasteiger partial charge in [-0.1, -0.05) is 18.2 Å². The molecule has 1 atom stereocenters. The predicted molar refractivity (Wildman–Crippen MR) is 120 cm³/mol. The zero-order chi connectivity index (χ0) is 20.2. The van der Waals surface area contributed by atoms with Crippen LogP contribution < -0.4 is 14.8 Å². The summed E-state index contributed by atoms with van der Waals surface area (Å²) >= 11 is 5.82. The normalized spacial score (nSPS) is 15.5. The number of aromatic nitrogens is 1. The van der Waals surface area contributed by atoms with Crippen molar-refractivity contribution in [2.75, 3.05) is 25.6 Å². The molecule has 2 heterocycles. The van der Waals surface area contributed by atoms with Crippen LogP contribution in [0.3, 0.4) is 0 Å². The summed E-state index contributed by atoms with van der Waals surface area (Å²) in [6, 6.07) is 20.4. The number of ether oxygens (including phenoxy) is 2. The van der Waals surface area contributed by atoms with E-state index in [1.54, 1.807) is 7.11 Å². The van der Waals surface area contributed by atoms with Gasteiger partial charge in [0.2, 0.25) is 0 Å². The fraction of sp³-hybridized carbons (Fsp3) is 0.261. The summed E-state index contributed by atoms with van der Waals surface area (Å²) in [5.74, 6) is 1.68. The number of anilines is 1. The van der Waals surface area contributed by atoms with E-state index in [-0.39, 0.29) is 6.04 Å². The first-order valence-corrected chi connectivity index (χ1v) is 10.2. The third-order valence-electron chi connectivity index (χ3n) is 5.13. The van der Waals surface area contributed by atoms with Crippen molar-refractivity contribution in [3.8, 4) is 11.5 Å². The van der Waals surface area contributed by atoms with Crippen molar-refractivity contribution in [2.45, 2.75) is 19.5 Å². The standard InChI is InChI=1S/C23H25N3O2S/c1-3-28-19-11-9-17(10-12-19)22-21-8-5-13-25(21)14-15-26(22)23(29)24-18-6-4-7-20(16-18)27-2/h4-13,16,22H,3,14-15H2,1-2H3,(H,24,29)/t22-/m1/s1. The second-order valence-electron chi connectivity index (χ2n) is 6.89. The maximum atomic E-state index is 5.82.